The molecule has 0 aliphatic heterocycles. The number of carbonyl (C=O) groups is 1. The van der Waals surface area contributed by atoms with Gasteiger partial charge in [-0.15, -0.1) is 11.3 Å². The number of carbonyl (C=O) groups excluding carboxylic acids is 1. The fourth-order valence-electron chi connectivity index (χ4n) is 2.30. The summed E-state index contributed by atoms with van der Waals surface area (Å²) in [6.45, 7) is 4.21. The number of thiazole rings is 1. The number of benzene rings is 1. The third kappa shape index (κ3) is 3.57. The molecule has 3 aromatic rings. The summed E-state index contributed by atoms with van der Waals surface area (Å²) >= 11 is 1.68. The van der Waals surface area contributed by atoms with Crippen molar-refractivity contribution in [2.45, 2.75) is 19.9 Å². The number of anilines is 1. The first-order valence-electron chi connectivity index (χ1n) is 7.44. The van der Waals surface area contributed by atoms with E-state index in [9.17, 15) is 4.79 Å². The number of rotatable bonds is 5. The lowest BCUT2D eigenvalue weighted by molar-refractivity contribution is -0.902. The van der Waals surface area contributed by atoms with Crippen LogP contribution in [0.15, 0.2) is 34.9 Å². The Balaban J connectivity index is 1.64. The topological polar surface area (TPSA) is 72.5 Å². The lowest BCUT2D eigenvalue weighted by Crippen LogP contribution is -3.10. The van der Waals surface area contributed by atoms with Crippen molar-refractivity contribution in [1.29, 1.82) is 0 Å². The quantitative estimate of drug-likeness (QED) is 0.748. The van der Waals surface area contributed by atoms with Gasteiger partial charge in [0.2, 0.25) is 0 Å². The van der Waals surface area contributed by atoms with Crippen LogP contribution in [0.5, 0.6) is 0 Å². The molecule has 6 nitrogen and oxygen atoms in total. The largest absolute Gasteiger partial charge is 0.360 e. The molecule has 2 atom stereocenters. The fraction of sp³-hybridized carbons (Fsp3) is 0.312. The zero-order valence-corrected chi connectivity index (χ0v) is 14.1. The van der Waals surface area contributed by atoms with Crippen LogP contribution in [0.4, 0.5) is 5.82 Å². The number of nitrogens with zero attached hydrogens (tertiary/aromatic N) is 2. The van der Waals surface area contributed by atoms with E-state index in [-0.39, 0.29) is 11.9 Å². The number of quaternary nitrogens is 1. The van der Waals surface area contributed by atoms with E-state index in [4.69, 9.17) is 4.52 Å². The highest BCUT2D eigenvalue weighted by molar-refractivity contribution is 7.18. The molecule has 0 spiro atoms. The van der Waals surface area contributed by atoms with Gasteiger partial charge in [-0.1, -0.05) is 17.3 Å². The minimum absolute atomic E-state index is 0.0937. The fourth-order valence-corrected chi connectivity index (χ4v) is 3.42. The Kier molecular flexibility index (Phi) is 4.40. The Hall–Kier alpha value is -2.25. The predicted molar refractivity (Wildman–Crippen MR) is 89.7 cm³/mol. The predicted octanol–water partition coefficient (Wildman–Crippen LogP) is 1.81. The van der Waals surface area contributed by atoms with Crippen LogP contribution in [0.3, 0.4) is 0 Å². The van der Waals surface area contributed by atoms with Gasteiger partial charge in [0.15, 0.2) is 17.4 Å². The molecule has 120 valence electrons. The molecule has 3 rings (SSSR count). The van der Waals surface area contributed by atoms with Crippen LogP contribution in [-0.4, -0.2) is 29.6 Å². The summed E-state index contributed by atoms with van der Waals surface area (Å²) in [5, 5.41) is 7.55. The van der Waals surface area contributed by atoms with Crippen molar-refractivity contribution in [3.63, 3.8) is 0 Å². The summed E-state index contributed by atoms with van der Waals surface area (Å²) < 4.78 is 6.11. The van der Waals surface area contributed by atoms with Crippen LogP contribution < -0.4 is 10.2 Å². The maximum Gasteiger partial charge on any atom is 0.280 e. The van der Waals surface area contributed by atoms with E-state index in [0.717, 1.165) is 15.4 Å². The molecular weight excluding hydrogens is 312 g/mol. The van der Waals surface area contributed by atoms with Gasteiger partial charge in [0, 0.05) is 6.07 Å². The third-order valence-electron chi connectivity index (χ3n) is 3.75. The Bertz CT molecular complexity index is 793. The SMILES string of the molecule is Cc1cc(NC(=O)C[NH+](C)[C@@H](C)c2nc3ccccc3s2)no1. The molecular formula is C16H19N4O2S+. The molecule has 0 radical (unpaired) electrons. The lowest BCUT2D eigenvalue weighted by atomic mass is 10.3. The van der Waals surface area contributed by atoms with Gasteiger partial charge in [-0.3, -0.25) is 4.79 Å². The molecule has 0 aliphatic rings. The smallest absolute Gasteiger partial charge is 0.280 e. The molecule has 0 saturated heterocycles. The number of hydrogen-bond donors (Lipinski definition) is 2. The Morgan fingerprint density at radius 3 is 2.91 bits per heavy atom. The molecule has 2 N–H and O–H groups in total. The molecule has 0 fully saturated rings. The second-order valence-corrected chi connectivity index (χ2v) is 6.70. The van der Waals surface area contributed by atoms with Gasteiger partial charge >= 0.3 is 0 Å². The first kappa shape index (κ1) is 15.6. The summed E-state index contributed by atoms with van der Waals surface area (Å²) in [4.78, 5) is 17.8. The average molecular weight is 331 g/mol. The Morgan fingerprint density at radius 1 is 1.43 bits per heavy atom. The van der Waals surface area contributed by atoms with Crippen molar-refractivity contribution < 1.29 is 14.2 Å². The highest BCUT2D eigenvalue weighted by Gasteiger charge is 2.22. The first-order valence-corrected chi connectivity index (χ1v) is 8.25. The van der Waals surface area contributed by atoms with Gasteiger partial charge in [-0.25, -0.2) is 4.98 Å². The van der Waals surface area contributed by atoms with Gasteiger partial charge in [0.1, 0.15) is 11.8 Å². The van der Waals surface area contributed by atoms with Crippen molar-refractivity contribution in [2.24, 2.45) is 0 Å². The molecule has 0 aliphatic carbocycles. The van der Waals surface area contributed by atoms with Crippen molar-refractivity contribution >= 4 is 33.3 Å². The highest BCUT2D eigenvalue weighted by atomic mass is 32.1. The van der Waals surface area contributed by atoms with Crippen molar-refractivity contribution in [1.82, 2.24) is 10.1 Å². The van der Waals surface area contributed by atoms with Gasteiger partial charge in [0.25, 0.3) is 5.91 Å². The van der Waals surface area contributed by atoms with E-state index in [2.05, 4.69) is 28.4 Å². The normalized spacial score (nSPS) is 13.9. The number of fused-ring (bicyclic) bond motifs is 1. The minimum Gasteiger partial charge on any atom is -0.360 e. The Morgan fingerprint density at radius 2 is 2.22 bits per heavy atom. The van der Waals surface area contributed by atoms with E-state index < -0.39 is 0 Å². The maximum absolute atomic E-state index is 12.1. The van der Waals surface area contributed by atoms with Crippen LogP contribution in [0.1, 0.15) is 23.7 Å². The first-order chi connectivity index (χ1) is 11.0. The van der Waals surface area contributed by atoms with Crippen LogP contribution in [0.2, 0.25) is 0 Å². The number of para-hydroxylation sites is 1. The van der Waals surface area contributed by atoms with Crippen molar-refractivity contribution in [3.8, 4) is 0 Å². The van der Waals surface area contributed by atoms with Crippen LogP contribution in [0.25, 0.3) is 10.2 Å². The van der Waals surface area contributed by atoms with Gasteiger partial charge in [-0.05, 0) is 26.0 Å². The molecule has 7 heteroatoms. The lowest BCUT2D eigenvalue weighted by Gasteiger charge is -2.18. The molecule has 1 unspecified atom stereocenters. The summed E-state index contributed by atoms with van der Waals surface area (Å²) in [6, 6.07) is 9.91. The number of nitrogens with one attached hydrogen (secondary N) is 2. The Labute approximate surface area is 138 Å². The molecule has 1 aromatic carbocycles. The number of likely N-dealkylation sites (N-methyl/N-ethyl adjacent to an activating group) is 1. The standard InChI is InChI=1S/C16H18N4O2S/c1-10-8-14(19-22-10)18-15(21)9-20(3)11(2)16-17-12-6-4-5-7-13(12)23-16/h4-8,11H,9H2,1-3H3,(H,18,19,21)/p+1/t11-/m0/s1. The summed E-state index contributed by atoms with van der Waals surface area (Å²) in [5.74, 6) is 1.03. The number of amides is 1. The van der Waals surface area contributed by atoms with E-state index >= 15 is 0 Å². The molecule has 2 heterocycles. The van der Waals surface area contributed by atoms with Crippen LogP contribution in [-0.2, 0) is 4.79 Å². The molecule has 23 heavy (non-hydrogen) atoms. The summed E-state index contributed by atoms with van der Waals surface area (Å²) in [6.07, 6.45) is 0. The second-order valence-electron chi connectivity index (χ2n) is 5.64. The van der Waals surface area contributed by atoms with Gasteiger partial charge in [0.05, 0.1) is 17.3 Å². The van der Waals surface area contributed by atoms with Crippen molar-refractivity contribution in [3.05, 3.63) is 41.1 Å². The molecule has 1 amide bonds. The summed E-state index contributed by atoms with van der Waals surface area (Å²) in [7, 11) is 1.99. The third-order valence-corrected chi connectivity index (χ3v) is 4.97. The number of hydrogen-bond acceptors (Lipinski definition) is 5. The van der Waals surface area contributed by atoms with Crippen LogP contribution >= 0.6 is 11.3 Å². The van der Waals surface area contributed by atoms with E-state index in [1.54, 1.807) is 24.3 Å². The average Bonchev–Trinajstić information content (AvgIpc) is 3.12. The number of aromatic nitrogens is 2. The van der Waals surface area contributed by atoms with Crippen molar-refractivity contribution in [2.75, 3.05) is 18.9 Å². The van der Waals surface area contributed by atoms with Gasteiger partial charge < -0.3 is 14.7 Å². The number of aryl methyl sites for hydroxylation is 1. The second kappa shape index (κ2) is 6.47. The van der Waals surface area contributed by atoms with E-state index in [1.807, 2.05) is 25.2 Å². The van der Waals surface area contributed by atoms with Gasteiger partial charge in [-0.2, -0.15) is 0 Å². The molecule has 2 aromatic heterocycles. The molecule has 0 bridgehead atoms. The zero-order valence-electron chi connectivity index (χ0n) is 13.3. The monoisotopic (exact) mass is 331 g/mol. The minimum atomic E-state index is -0.0937. The zero-order chi connectivity index (χ0) is 16.4. The van der Waals surface area contributed by atoms with Crippen LogP contribution in [0, 0.1) is 6.92 Å². The van der Waals surface area contributed by atoms with E-state index in [1.165, 1.54) is 4.70 Å². The maximum atomic E-state index is 12.1. The molecule has 0 saturated carbocycles. The summed E-state index contributed by atoms with van der Waals surface area (Å²) in [5.41, 5.74) is 1.01. The highest BCUT2D eigenvalue weighted by Crippen LogP contribution is 2.24. The van der Waals surface area contributed by atoms with E-state index in [0.29, 0.717) is 18.1 Å².